The Morgan fingerprint density at radius 3 is 1.32 bits per heavy atom. The fourth-order valence-electron chi connectivity index (χ4n) is 7.86. The highest BCUT2D eigenvalue weighted by molar-refractivity contribution is 14.1. The molecule has 0 saturated carbocycles. The average molecular weight is 853 g/mol. The quantitative estimate of drug-likeness (QED) is 0.0755. The van der Waals surface area contributed by atoms with Gasteiger partial charge in [-0.2, -0.15) is 0 Å². The highest BCUT2D eigenvalue weighted by Crippen LogP contribution is 2.48. The van der Waals surface area contributed by atoms with Crippen LogP contribution in [0.25, 0.3) is 0 Å². The second-order valence-corrected chi connectivity index (χ2v) is 15.4. The number of alkyl halides is 1. The summed E-state index contributed by atoms with van der Waals surface area (Å²) < 4.78 is 23.0. The van der Waals surface area contributed by atoms with Gasteiger partial charge in [-0.3, -0.25) is 14.3 Å². The van der Waals surface area contributed by atoms with Gasteiger partial charge in [0, 0.05) is 11.8 Å². The van der Waals surface area contributed by atoms with E-state index in [2.05, 4.69) is 100 Å². The SMILES string of the molecule is Cc1cn([C@@H]2O[C@H](COC(c3ccccc3)(c3ccccc3)c3ccccc3)[C@@H](I)[C@H]2OC(c2ccccc2)(c2ccccc2)c2ccccc2)c(=O)[nH]c1=O. The van der Waals surface area contributed by atoms with Crippen LogP contribution in [0.2, 0.25) is 0 Å². The van der Waals surface area contributed by atoms with Gasteiger partial charge in [-0.1, -0.05) is 205 Å². The Morgan fingerprint density at radius 2 is 0.946 bits per heavy atom. The molecule has 4 atom stereocenters. The van der Waals surface area contributed by atoms with Crippen molar-refractivity contribution in [2.75, 3.05) is 6.61 Å². The van der Waals surface area contributed by atoms with Crippen molar-refractivity contribution in [2.45, 2.75) is 40.5 Å². The van der Waals surface area contributed by atoms with Crippen LogP contribution in [0, 0.1) is 6.92 Å². The molecule has 1 aliphatic rings. The summed E-state index contributed by atoms with van der Waals surface area (Å²) in [6.45, 7) is 1.83. The van der Waals surface area contributed by atoms with Crippen molar-refractivity contribution in [1.29, 1.82) is 0 Å². The standard InChI is InChI=1S/C48H41IN2O5/c1-34-32-51(46(53)50-44(34)52)45-43(56-48(38-26-14-5-15-27-38,39-28-16-6-17-29-39)40-30-18-7-19-31-40)42(49)41(55-45)33-54-47(35-20-8-2-9-21-35,36-22-10-3-11-23-36)37-24-12-4-13-25-37/h2-32,41-43,45H,33H2,1H3,(H,50,52,53)/t41-,42-,43-,45-/m1/s1. The van der Waals surface area contributed by atoms with Crippen molar-refractivity contribution in [3.05, 3.63) is 248 Å². The summed E-state index contributed by atoms with van der Waals surface area (Å²) in [5, 5.41) is 0. The predicted molar refractivity (Wildman–Crippen MR) is 227 cm³/mol. The molecule has 0 aliphatic carbocycles. The van der Waals surface area contributed by atoms with Crippen LogP contribution in [0.4, 0.5) is 0 Å². The number of H-pyrrole nitrogens is 1. The normalized spacial score (nSPS) is 18.5. The number of aryl methyl sites for hydroxylation is 1. The molecule has 1 N–H and O–H groups in total. The second-order valence-electron chi connectivity index (χ2n) is 13.9. The zero-order valence-corrected chi connectivity index (χ0v) is 32.9. The Labute approximate surface area is 339 Å². The molecular weight excluding hydrogens is 811 g/mol. The second kappa shape index (κ2) is 16.4. The van der Waals surface area contributed by atoms with Crippen molar-refractivity contribution in [1.82, 2.24) is 9.55 Å². The Kier molecular flexibility index (Phi) is 11.0. The molecule has 1 aliphatic heterocycles. The molecular formula is C48H41IN2O5. The number of aromatic amines is 1. The van der Waals surface area contributed by atoms with E-state index in [1.165, 1.54) is 4.57 Å². The van der Waals surface area contributed by atoms with Gasteiger partial charge in [0.25, 0.3) is 5.56 Å². The number of halogens is 1. The molecule has 0 unspecified atom stereocenters. The lowest BCUT2D eigenvalue weighted by molar-refractivity contribution is -0.119. The number of rotatable bonds is 12. The van der Waals surface area contributed by atoms with E-state index in [9.17, 15) is 9.59 Å². The van der Waals surface area contributed by atoms with E-state index in [0.717, 1.165) is 33.4 Å². The average Bonchev–Trinajstić information content (AvgIpc) is 3.56. The van der Waals surface area contributed by atoms with Crippen LogP contribution in [0.3, 0.4) is 0 Å². The van der Waals surface area contributed by atoms with E-state index in [1.807, 2.05) is 109 Å². The van der Waals surface area contributed by atoms with Crippen molar-refractivity contribution in [3.8, 4) is 0 Å². The molecule has 8 heteroatoms. The molecule has 280 valence electrons. The summed E-state index contributed by atoms with van der Waals surface area (Å²) in [5.74, 6) is 0. The van der Waals surface area contributed by atoms with Crippen LogP contribution in [-0.4, -0.2) is 32.3 Å². The maximum atomic E-state index is 13.7. The number of aromatic nitrogens is 2. The third kappa shape index (κ3) is 6.98. The van der Waals surface area contributed by atoms with Crippen LogP contribution in [-0.2, 0) is 25.4 Å². The molecule has 56 heavy (non-hydrogen) atoms. The molecule has 2 heterocycles. The lowest BCUT2D eigenvalue weighted by atomic mass is 9.79. The summed E-state index contributed by atoms with van der Waals surface area (Å²) in [5.41, 5.74) is 2.90. The first-order valence-electron chi connectivity index (χ1n) is 18.7. The highest BCUT2D eigenvalue weighted by Gasteiger charge is 2.52. The van der Waals surface area contributed by atoms with Gasteiger partial charge in [0.05, 0.1) is 16.6 Å². The van der Waals surface area contributed by atoms with Crippen molar-refractivity contribution in [2.24, 2.45) is 0 Å². The molecule has 6 aromatic carbocycles. The molecule has 0 amide bonds. The fraction of sp³-hybridized carbons (Fsp3) is 0.167. The van der Waals surface area contributed by atoms with E-state index in [0.29, 0.717) is 5.56 Å². The zero-order chi connectivity index (χ0) is 38.5. The van der Waals surface area contributed by atoms with Crippen LogP contribution in [0.15, 0.2) is 198 Å². The smallest absolute Gasteiger partial charge is 0.330 e. The number of benzene rings is 6. The van der Waals surface area contributed by atoms with Crippen LogP contribution < -0.4 is 11.2 Å². The van der Waals surface area contributed by atoms with Gasteiger partial charge in [0.15, 0.2) is 6.23 Å². The molecule has 1 fully saturated rings. The Morgan fingerprint density at radius 1 is 0.589 bits per heavy atom. The van der Waals surface area contributed by atoms with Crippen LogP contribution >= 0.6 is 22.6 Å². The van der Waals surface area contributed by atoms with E-state index in [-0.39, 0.29) is 10.5 Å². The third-order valence-electron chi connectivity index (χ3n) is 10.5. The maximum Gasteiger partial charge on any atom is 0.330 e. The first-order valence-corrected chi connectivity index (χ1v) is 19.9. The maximum absolute atomic E-state index is 13.7. The first-order chi connectivity index (χ1) is 27.4. The predicted octanol–water partition coefficient (Wildman–Crippen LogP) is 8.93. The topological polar surface area (TPSA) is 82.6 Å². The monoisotopic (exact) mass is 852 g/mol. The van der Waals surface area contributed by atoms with Gasteiger partial charge in [0.1, 0.15) is 17.3 Å². The Hall–Kier alpha value is -5.39. The number of hydrogen-bond acceptors (Lipinski definition) is 5. The summed E-state index contributed by atoms with van der Waals surface area (Å²) >= 11 is 2.40. The number of ether oxygens (including phenoxy) is 3. The van der Waals surface area contributed by atoms with Gasteiger partial charge in [-0.25, -0.2) is 4.79 Å². The lowest BCUT2D eigenvalue weighted by Gasteiger charge is -2.40. The molecule has 1 aromatic heterocycles. The summed E-state index contributed by atoms with van der Waals surface area (Å²) in [4.78, 5) is 28.9. The fourth-order valence-corrected chi connectivity index (χ4v) is 8.74. The van der Waals surface area contributed by atoms with Gasteiger partial charge >= 0.3 is 5.69 Å². The van der Waals surface area contributed by atoms with E-state index < -0.39 is 40.9 Å². The molecule has 7 nitrogen and oxygen atoms in total. The van der Waals surface area contributed by atoms with E-state index in [1.54, 1.807) is 13.1 Å². The van der Waals surface area contributed by atoms with Crippen LogP contribution in [0.5, 0.6) is 0 Å². The molecule has 0 radical (unpaired) electrons. The number of nitrogens with one attached hydrogen (secondary N) is 1. The van der Waals surface area contributed by atoms with E-state index >= 15 is 0 Å². The van der Waals surface area contributed by atoms with Crippen molar-refractivity contribution < 1.29 is 14.2 Å². The molecule has 0 bridgehead atoms. The van der Waals surface area contributed by atoms with E-state index in [4.69, 9.17) is 14.2 Å². The molecule has 7 aromatic rings. The Balaban J connectivity index is 1.27. The molecule has 8 rings (SSSR count). The number of hydrogen-bond donors (Lipinski definition) is 1. The summed E-state index contributed by atoms with van der Waals surface area (Å²) in [6.07, 6.45) is -0.636. The third-order valence-corrected chi connectivity index (χ3v) is 12.1. The van der Waals surface area contributed by atoms with Gasteiger partial charge in [0.2, 0.25) is 0 Å². The highest BCUT2D eigenvalue weighted by atomic mass is 127. The minimum Gasteiger partial charge on any atom is -0.358 e. The van der Waals surface area contributed by atoms with Crippen LogP contribution in [0.1, 0.15) is 45.2 Å². The minimum atomic E-state index is -1.11. The minimum absolute atomic E-state index is 0.148. The van der Waals surface area contributed by atoms with Crippen molar-refractivity contribution >= 4 is 22.6 Å². The Bertz CT molecular complexity index is 2270. The number of nitrogens with zero attached hydrogens (tertiary/aromatic N) is 1. The summed E-state index contributed by atoms with van der Waals surface area (Å²) in [6, 6.07) is 61.0. The van der Waals surface area contributed by atoms with Gasteiger partial charge in [-0.15, -0.1) is 0 Å². The summed E-state index contributed by atoms with van der Waals surface area (Å²) in [7, 11) is 0. The van der Waals surface area contributed by atoms with Gasteiger partial charge in [-0.05, 0) is 40.3 Å². The molecule has 1 saturated heterocycles. The van der Waals surface area contributed by atoms with Gasteiger partial charge < -0.3 is 14.2 Å². The molecule has 0 spiro atoms. The lowest BCUT2D eigenvalue weighted by Crippen LogP contribution is -2.44. The van der Waals surface area contributed by atoms with Crippen molar-refractivity contribution in [3.63, 3.8) is 0 Å². The first kappa shape index (κ1) is 37.5. The largest absolute Gasteiger partial charge is 0.358 e. The zero-order valence-electron chi connectivity index (χ0n) is 30.8.